The fourth-order valence-electron chi connectivity index (χ4n) is 1.06. The number of rotatable bonds is 8. The maximum absolute atomic E-state index is 5.47. The maximum Gasteiger partial charge on any atom is 0.0301 e. The van der Waals surface area contributed by atoms with Crippen molar-refractivity contribution in [2.24, 2.45) is 5.84 Å². The van der Waals surface area contributed by atoms with Gasteiger partial charge < -0.3 is 0 Å². The van der Waals surface area contributed by atoms with Crippen molar-refractivity contribution in [1.82, 2.24) is 5.43 Å². The normalized spacial score (nSPS) is 14.7. The van der Waals surface area contributed by atoms with Crippen molar-refractivity contribution in [3.05, 3.63) is 0 Å². The molecule has 0 spiro atoms. The summed E-state index contributed by atoms with van der Waals surface area (Å²) in [5, 5.41) is 0.721. The van der Waals surface area contributed by atoms with Crippen molar-refractivity contribution in [2.75, 3.05) is 5.75 Å². The van der Waals surface area contributed by atoms with Crippen molar-refractivity contribution in [2.45, 2.75) is 50.8 Å². The first-order valence-electron chi connectivity index (χ1n) is 5.25. The topological polar surface area (TPSA) is 38.0 Å². The number of hydrogen-bond acceptors (Lipinski definition) is 3. The van der Waals surface area contributed by atoms with E-state index >= 15 is 0 Å². The summed E-state index contributed by atoms with van der Waals surface area (Å²) in [6.07, 6.45) is 9.40. The Morgan fingerprint density at radius 3 is 2.79 bits per heavy atom. The molecular formula is C11H22N2S. The molecule has 0 aliphatic carbocycles. The van der Waals surface area contributed by atoms with E-state index in [1.807, 2.05) is 11.8 Å². The van der Waals surface area contributed by atoms with Crippen LogP contribution < -0.4 is 11.3 Å². The van der Waals surface area contributed by atoms with E-state index in [2.05, 4.69) is 25.2 Å². The first-order valence-corrected chi connectivity index (χ1v) is 6.30. The van der Waals surface area contributed by atoms with Gasteiger partial charge >= 0.3 is 0 Å². The van der Waals surface area contributed by atoms with Crippen LogP contribution in [0.1, 0.15) is 39.5 Å². The predicted octanol–water partition coefficient (Wildman–Crippen LogP) is 2.15. The summed E-state index contributed by atoms with van der Waals surface area (Å²) in [6, 6.07) is 0.405. The van der Waals surface area contributed by atoms with Gasteiger partial charge in [-0.15, -0.1) is 12.3 Å². The van der Waals surface area contributed by atoms with Gasteiger partial charge in [0.05, 0.1) is 0 Å². The Bertz CT molecular complexity index is 165. The fraction of sp³-hybridized carbons (Fsp3) is 0.818. The van der Waals surface area contributed by atoms with Crippen molar-refractivity contribution in [3.8, 4) is 12.3 Å². The number of nitrogens with one attached hydrogen (secondary N) is 1. The molecular weight excluding hydrogens is 192 g/mol. The minimum Gasteiger partial charge on any atom is -0.271 e. The van der Waals surface area contributed by atoms with Crippen LogP contribution in [0.15, 0.2) is 0 Å². The van der Waals surface area contributed by atoms with Crippen molar-refractivity contribution in [1.29, 1.82) is 0 Å². The van der Waals surface area contributed by atoms with E-state index in [1.165, 1.54) is 6.42 Å². The highest BCUT2D eigenvalue weighted by molar-refractivity contribution is 7.99. The summed E-state index contributed by atoms with van der Waals surface area (Å²) in [7, 11) is 0. The number of nitrogens with two attached hydrogens (primary N) is 1. The fourth-order valence-corrected chi connectivity index (χ4v) is 2.12. The molecule has 0 saturated heterocycles. The number of thioether (sulfide) groups is 1. The van der Waals surface area contributed by atoms with Gasteiger partial charge in [-0.1, -0.05) is 13.8 Å². The summed E-state index contributed by atoms with van der Waals surface area (Å²) in [5.74, 6) is 9.19. The molecule has 82 valence electrons. The van der Waals surface area contributed by atoms with E-state index in [4.69, 9.17) is 12.3 Å². The highest BCUT2D eigenvalue weighted by Gasteiger charge is 2.08. The molecule has 0 aromatic rings. The van der Waals surface area contributed by atoms with Gasteiger partial charge in [-0.2, -0.15) is 11.8 Å². The number of hydrogen-bond donors (Lipinski definition) is 2. The highest BCUT2D eigenvalue weighted by Crippen LogP contribution is 2.16. The van der Waals surface area contributed by atoms with E-state index in [0.29, 0.717) is 6.04 Å². The van der Waals surface area contributed by atoms with Crippen LogP contribution in [0.3, 0.4) is 0 Å². The minimum absolute atomic E-state index is 0.405. The second kappa shape index (κ2) is 9.39. The highest BCUT2D eigenvalue weighted by atomic mass is 32.2. The quantitative estimate of drug-likeness (QED) is 0.281. The minimum atomic E-state index is 0.405. The van der Waals surface area contributed by atoms with Crippen LogP contribution in [0.4, 0.5) is 0 Å². The van der Waals surface area contributed by atoms with Crippen molar-refractivity contribution < 1.29 is 0 Å². The summed E-state index contributed by atoms with van der Waals surface area (Å²) in [6.45, 7) is 4.46. The Morgan fingerprint density at radius 2 is 2.29 bits per heavy atom. The lowest BCUT2D eigenvalue weighted by Gasteiger charge is -2.17. The molecule has 0 aliphatic rings. The van der Waals surface area contributed by atoms with E-state index in [0.717, 1.165) is 30.3 Å². The predicted molar refractivity (Wildman–Crippen MR) is 66.0 cm³/mol. The van der Waals surface area contributed by atoms with Gasteiger partial charge in [-0.3, -0.25) is 11.3 Å². The Kier molecular flexibility index (Phi) is 9.27. The van der Waals surface area contributed by atoms with E-state index in [-0.39, 0.29) is 0 Å². The number of unbranched alkanes of at least 4 members (excludes halogenated alkanes) is 1. The molecule has 2 nitrogen and oxygen atoms in total. The summed E-state index contributed by atoms with van der Waals surface area (Å²) in [4.78, 5) is 0. The van der Waals surface area contributed by atoms with Crippen LogP contribution >= 0.6 is 11.8 Å². The van der Waals surface area contributed by atoms with Gasteiger partial charge in [0.1, 0.15) is 0 Å². The summed E-state index contributed by atoms with van der Waals surface area (Å²) >= 11 is 1.97. The molecule has 0 rings (SSSR count). The molecule has 0 aromatic heterocycles. The van der Waals surface area contributed by atoms with E-state index < -0.39 is 0 Å². The molecule has 14 heavy (non-hydrogen) atoms. The van der Waals surface area contributed by atoms with E-state index in [9.17, 15) is 0 Å². The van der Waals surface area contributed by atoms with Gasteiger partial charge in [0.2, 0.25) is 0 Å². The third-order valence-corrected chi connectivity index (χ3v) is 3.76. The van der Waals surface area contributed by atoms with Crippen LogP contribution in [0.5, 0.6) is 0 Å². The molecule has 2 unspecified atom stereocenters. The maximum atomic E-state index is 5.47. The molecule has 0 bridgehead atoms. The Labute approximate surface area is 92.4 Å². The Balaban J connectivity index is 3.53. The van der Waals surface area contributed by atoms with Crippen LogP contribution in [0.25, 0.3) is 0 Å². The van der Waals surface area contributed by atoms with Crippen molar-refractivity contribution in [3.63, 3.8) is 0 Å². The summed E-state index contributed by atoms with van der Waals surface area (Å²) < 4.78 is 0. The Morgan fingerprint density at radius 1 is 1.57 bits per heavy atom. The monoisotopic (exact) mass is 214 g/mol. The average Bonchev–Trinajstić information content (AvgIpc) is 2.22. The smallest absolute Gasteiger partial charge is 0.0301 e. The van der Waals surface area contributed by atoms with Crippen LogP contribution in [0.2, 0.25) is 0 Å². The zero-order valence-electron chi connectivity index (χ0n) is 9.25. The first-order chi connectivity index (χ1) is 6.74. The van der Waals surface area contributed by atoms with Gasteiger partial charge in [0.25, 0.3) is 0 Å². The number of hydrazine groups is 1. The van der Waals surface area contributed by atoms with Gasteiger partial charge in [0, 0.05) is 23.5 Å². The lowest BCUT2D eigenvalue weighted by atomic mass is 10.1. The van der Waals surface area contributed by atoms with Gasteiger partial charge in [0.15, 0.2) is 0 Å². The first kappa shape index (κ1) is 13.8. The molecule has 2 atom stereocenters. The Hall–Kier alpha value is -0.170. The SMILES string of the molecule is C#CCCCC(CSC(C)CC)NN. The molecule has 3 N–H and O–H groups in total. The second-order valence-electron chi connectivity index (χ2n) is 3.51. The third-order valence-electron chi connectivity index (χ3n) is 2.27. The molecule has 0 aromatic carbocycles. The lowest BCUT2D eigenvalue weighted by molar-refractivity contribution is 0.523. The van der Waals surface area contributed by atoms with Crippen LogP contribution in [-0.4, -0.2) is 17.0 Å². The largest absolute Gasteiger partial charge is 0.271 e. The lowest BCUT2D eigenvalue weighted by Crippen LogP contribution is -2.37. The van der Waals surface area contributed by atoms with Crippen LogP contribution in [0, 0.1) is 12.3 Å². The zero-order valence-corrected chi connectivity index (χ0v) is 10.1. The van der Waals surface area contributed by atoms with Crippen molar-refractivity contribution >= 4 is 11.8 Å². The zero-order chi connectivity index (χ0) is 10.8. The molecule has 0 amide bonds. The average molecular weight is 214 g/mol. The molecule has 0 radical (unpaired) electrons. The molecule has 3 heteroatoms. The molecule has 0 heterocycles. The second-order valence-corrected chi connectivity index (χ2v) is 4.98. The number of terminal acetylenes is 1. The van der Waals surface area contributed by atoms with E-state index in [1.54, 1.807) is 0 Å². The third kappa shape index (κ3) is 7.25. The van der Waals surface area contributed by atoms with Gasteiger partial charge in [-0.05, 0) is 19.3 Å². The molecule has 0 aliphatic heterocycles. The standard InChI is InChI=1S/C11H22N2S/c1-4-6-7-8-11(13-12)9-14-10(3)5-2/h1,10-11,13H,5-9,12H2,2-3H3. The van der Waals surface area contributed by atoms with Gasteiger partial charge in [-0.25, -0.2) is 0 Å². The van der Waals surface area contributed by atoms with Crippen LogP contribution in [-0.2, 0) is 0 Å². The molecule has 0 saturated carbocycles. The molecule has 0 fully saturated rings. The summed E-state index contributed by atoms with van der Waals surface area (Å²) in [5.41, 5.74) is 2.85.